The van der Waals surface area contributed by atoms with Crippen molar-refractivity contribution in [3.63, 3.8) is 0 Å². The lowest BCUT2D eigenvalue weighted by molar-refractivity contribution is -0.0563. The lowest BCUT2D eigenvalue weighted by Crippen LogP contribution is -2.37. The highest BCUT2D eigenvalue weighted by Gasteiger charge is 2.44. The Morgan fingerprint density at radius 2 is 2.00 bits per heavy atom. The van der Waals surface area contributed by atoms with Crippen LogP contribution in [0.15, 0.2) is 29.2 Å². The highest BCUT2D eigenvalue weighted by molar-refractivity contribution is 7.91. The second-order valence-corrected chi connectivity index (χ2v) is 8.43. The van der Waals surface area contributed by atoms with Gasteiger partial charge in [-0.2, -0.15) is 0 Å². The number of hydrogen-bond donors (Lipinski definition) is 2. The minimum absolute atomic E-state index is 0.153. The molecule has 1 atom stereocenters. The van der Waals surface area contributed by atoms with E-state index >= 15 is 0 Å². The van der Waals surface area contributed by atoms with Crippen molar-refractivity contribution in [2.75, 3.05) is 19.0 Å². The first-order valence-corrected chi connectivity index (χ1v) is 9.48. The Bertz CT molecular complexity index is 608. The van der Waals surface area contributed by atoms with Crippen LogP contribution in [-0.4, -0.2) is 44.1 Å². The Morgan fingerprint density at radius 3 is 2.55 bits per heavy atom. The molecule has 122 valence electrons. The maximum Gasteiger partial charge on any atom is 0.180 e. The molecule has 0 aromatic heterocycles. The summed E-state index contributed by atoms with van der Waals surface area (Å²) >= 11 is 0. The normalized spacial score (nSPS) is 23.6. The molecule has 0 amide bonds. The van der Waals surface area contributed by atoms with Gasteiger partial charge in [-0.05, 0) is 43.4 Å². The summed E-state index contributed by atoms with van der Waals surface area (Å²) in [5.74, 6) is -0.230. The fourth-order valence-corrected chi connectivity index (χ4v) is 4.24. The second-order valence-electron chi connectivity index (χ2n) is 6.32. The number of sulfone groups is 1. The van der Waals surface area contributed by atoms with E-state index in [1.54, 1.807) is 12.1 Å². The third-order valence-electron chi connectivity index (χ3n) is 4.71. The maximum atomic E-state index is 11.8. The van der Waals surface area contributed by atoms with Crippen LogP contribution in [0.3, 0.4) is 0 Å². The third-order valence-corrected chi connectivity index (χ3v) is 6.42. The zero-order valence-corrected chi connectivity index (χ0v) is 13.4. The largest absolute Gasteiger partial charge is 0.395 e. The number of benzene rings is 1. The highest BCUT2D eigenvalue weighted by atomic mass is 32.2. The Balaban J connectivity index is 1.53. The Morgan fingerprint density at radius 1 is 1.27 bits per heavy atom. The number of aliphatic hydroxyl groups excluding tert-OH is 1. The summed E-state index contributed by atoms with van der Waals surface area (Å²) in [5, 5.41) is 12.3. The van der Waals surface area contributed by atoms with E-state index in [1.807, 2.05) is 12.1 Å². The van der Waals surface area contributed by atoms with Crippen LogP contribution in [-0.2, 0) is 21.1 Å². The molecule has 1 saturated heterocycles. The summed E-state index contributed by atoms with van der Waals surface area (Å²) in [5.41, 5.74) is 1.21. The molecule has 2 N–H and O–H groups in total. The SMILES string of the molecule is O=S(=O)(CCO)c1ccc(CNC2COC3(CCC3)C2)cc1. The summed E-state index contributed by atoms with van der Waals surface area (Å²) in [4.78, 5) is 0.267. The fourth-order valence-electron chi connectivity index (χ4n) is 3.21. The van der Waals surface area contributed by atoms with Crippen LogP contribution in [0.1, 0.15) is 31.2 Å². The Labute approximate surface area is 131 Å². The van der Waals surface area contributed by atoms with Crippen LogP contribution < -0.4 is 5.32 Å². The van der Waals surface area contributed by atoms with Crippen LogP contribution in [0, 0.1) is 0 Å². The Hall–Kier alpha value is -0.950. The van der Waals surface area contributed by atoms with Gasteiger partial charge in [-0.15, -0.1) is 0 Å². The minimum Gasteiger partial charge on any atom is -0.395 e. The second kappa shape index (κ2) is 6.28. The number of aliphatic hydroxyl groups is 1. The van der Waals surface area contributed by atoms with Gasteiger partial charge in [0.25, 0.3) is 0 Å². The van der Waals surface area contributed by atoms with Crippen molar-refractivity contribution in [2.45, 2.75) is 48.8 Å². The van der Waals surface area contributed by atoms with Crippen LogP contribution in [0.5, 0.6) is 0 Å². The van der Waals surface area contributed by atoms with E-state index in [0.717, 1.165) is 18.6 Å². The van der Waals surface area contributed by atoms with Crippen molar-refractivity contribution in [3.05, 3.63) is 29.8 Å². The third kappa shape index (κ3) is 3.35. The molecule has 1 heterocycles. The molecule has 6 heteroatoms. The van der Waals surface area contributed by atoms with Crippen LogP contribution in [0.2, 0.25) is 0 Å². The van der Waals surface area contributed by atoms with E-state index in [-0.39, 0.29) is 22.9 Å². The van der Waals surface area contributed by atoms with Crippen molar-refractivity contribution in [1.82, 2.24) is 5.32 Å². The average Bonchev–Trinajstić information content (AvgIpc) is 2.90. The molecule has 1 unspecified atom stereocenters. The van der Waals surface area contributed by atoms with E-state index in [0.29, 0.717) is 12.6 Å². The molecular formula is C16H23NO4S. The lowest BCUT2D eigenvalue weighted by Gasteiger charge is -2.37. The van der Waals surface area contributed by atoms with Crippen molar-refractivity contribution in [3.8, 4) is 0 Å². The van der Waals surface area contributed by atoms with Gasteiger partial charge >= 0.3 is 0 Å². The molecule has 22 heavy (non-hydrogen) atoms. The molecule has 1 aromatic rings. The van der Waals surface area contributed by atoms with Crippen molar-refractivity contribution in [2.24, 2.45) is 0 Å². The van der Waals surface area contributed by atoms with Gasteiger partial charge in [0, 0.05) is 12.6 Å². The molecule has 1 aromatic carbocycles. The molecule has 1 saturated carbocycles. The molecule has 0 radical (unpaired) electrons. The Kier molecular flexibility index (Phi) is 4.54. The average molecular weight is 325 g/mol. The molecule has 1 aliphatic heterocycles. The molecule has 1 spiro atoms. The number of ether oxygens (including phenoxy) is 1. The summed E-state index contributed by atoms with van der Waals surface area (Å²) in [6.07, 6.45) is 4.72. The summed E-state index contributed by atoms with van der Waals surface area (Å²) in [7, 11) is -3.36. The first kappa shape index (κ1) is 15.9. The van der Waals surface area contributed by atoms with Crippen LogP contribution in [0.4, 0.5) is 0 Å². The van der Waals surface area contributed by atoms with Crippen LogP contribution >= 0.6 is 0 Å². The van der Waals surface area contributed by atoms with Crippen LogP contribution in [0.25, 0.3) is 0 Å². The van der Waals surface area contributed by atoms with Gasteiger partial charge in [-0.1, -0.05) is 12.1 Å². The standard InChI is InChI=1S/C16H23NO4S/c18-8-9-22(19,20)15-4-2-13(3-5-15)11-17-14-10-16(21-12-14)6-1-7-16/h2-5,14,17-18H,1,6-12H2. The van der Waals surface area contributed by atoms with Gasteiger partial charge in [-0.3, -0.25) is 0 Å². The van der Waals surface area contributed by atoms with Crippen molar-refractivity contribution >= 4 is 9.84 Å². The van der Waals surface area contributed by atoms with Crippen molar-refractivity contribution < 1.29 is 18.3 Å². The molecule has 3 rings (SSSR count). The fraction of sp³-hybridized carbons (Fsp3) is 0.625. The van der Waals surface area contributed by atoms with E-state index < -0.39 is 9.84 Å². The maximum absolute atomic E-state index is 11.8. The number of nitrogens with one attached hydrogen (secondary N) is 1. The van der Waals surface area contributed by atoms with Gasteiger partial charge < -0.3 is 15.2 Å². The molecule has 2 fully saturated rings. The lowest BCUT2D eigenvalue weighted by atomic mass is 9.77. The van der Waals surface area contributed by atoms with Gasteiger partial charge in [0.1, 0.15) is 0 Å². The zero-order valence-electron chi connectivity index (χ0n) is 12.6. The van der Waals surface area contributed by atoms with E-state index in [9.17, 15) is 8.42 Å². The quantitative estimate of drug-likeness (QED) is 0.823. The van der Waals surface area contributed by atoms with Gasteiger partial charge in [0.15, 0.2) is 9.84 Å². The van der Waals surface area contributed by atoms with E-state index in [2.05, 4.69) is 5.32 Å². The smallest absolute Gasteiger partial charge is 0.180 e. The molecular weight excluding hydrogens is 302 g/mol. The summed E-state index contributed by atoms with van der Waals surface area (Å²) in [6.45, 7) is 1.13. The predicted molar refractivity (Wildman–Crippen MR) is 83.4 cm³/mol. The number of hydrogen-bond acceptors (Lipinski definition) is 5. The molecule has 0 bridgehead atoms. The molecule has 2 aliphatic rings. The summed E-state index contributed by atoms with van der Waals surface area (Å²) < 4.78 is 29.6. The first-order valence-electron chi connectivity index (χ1n) is 7.83. The predicted octanol–water partition coefficient (Wildman–Crippen LogP) is 1.25. The van der Waals surface area contributed by atoms with Gasteiger partial charge in [0.2, 0.25) is 0 Å². The van der Waals surface area contributed by atoms with Gasteiger partial charge in [-0.25, -0.2) is 8.42 Å². The highest BCUT2D eigenvalue weighted by Crippen LogP contribution is 2.43. The van der Waals surface area contributed by atoms with Gasteiger partial charge in [0.05, 0.1) is 29.5 Å². The first-order chi connectivity index (χ1) is 10.5. The minimum atomic E-state index is -3.36. The van der Waals surface area contributed by atoms with Crippen molar-refractivity contribution in [1.29, 1.82) is 0 Å². The molecule has 5 nitrogen and oxygen atoms in total. The summed E-state index contributed by atoms with van der Waals surface area (Å²) in [6, 6.07) is 7.26. The topological polar surface area (TPSA) is 75.6 Å². The zero-order chi connectivity index (χ0) is 15.6. The van der Waals surface area contributed by atoms with E-state index in [4.69, 9.17) is 9.84 Å². The number of rotatable bonds is 6. The monoisotopic (exact) mass is 325 g/mol. The molecule has 1 aliphatic carbocycles. The van der Waals surface area contributed by atoms with E-state index in [1.165, 1.54) is 19.3 Å².